The Kier molecular flexibility index (Phi) is 4.99. The summed E-state index contributed by atoms with van der Waals surface area (Å²) in [5, 5.41) is 12.4. The number of rotatable bonds is 4. The molecule has 2 fully saturated rings. The van der Waals surface area contributed by atoms with Gasteiger partial charge in [-0.05, 0) is 50.5 Å². The molecular weight excluding hydrogens is 435 g/mol. The lowest BCUT2D eigenvalue weighted by Gasteiger charge is -2.55. The van der Waals surface area contributed by atoms with Crippen molar-refractivity contribution >= 4 is 5.91 Å². The van der Waals surface area contributed by atoms with E-state index in [2.05, 4.69) is 0 Å². The molecule has 3 heterocycles. The van der Waals surface area contributed by atoms with E-state index in [1.165, 1.54) is 16.9 Å². The molecule has 176 valence electrons. The van der Waals surface area contributed by atoms with Crippen LogP contribution in [-0.2, 0) is 0 Å². The van der Waals surface area contributed by atoms with E-state index >= 15 is 0 Å². The van der Waals surface area contributed by atoms with Gasteiger partial charge in [0.2, 0.25) is 5.43 Å². The predicted octanol–water partition coefficient (Wildman–Crippen LogP) is 4.18. The van der Waals surface area contributed by atoms with Crippen molar-refractivity contribution in [2.75, 3.05) is 11.6 Å². The molecule has 0 bridgehead atoms. The molecule has 2 aromatic rings. The maximum absolute atomic E-state index is 13.9. The standard InChI is InChI=1S/C24H26F3N3O3/c1-2-28-18-9-8-16(14-23(11-12-23)24(25,26)27)19(15-6-4-3-5-7-15)30(18)29-13-10-17(31)21(32)20(29)22(28)33/h3-7,10,13,16,18-19,32H,2,8-9,11-12,14H2,1H3. The fourth-order valence-corrected chi connectivity index (χ4v) is 5.71. The lowest BCUT2D eigenvalue weighted by Crippen LogP contribution is -2.65. The molecule has 3 atom stereocenters. The van der Waals surface area contributed by atoms with Crippen LogP contribution in [0.3, 0.4) is 0 Å². The highest BCUT2D eigenvalue weighted by Crippen LogP contribution is 2.63. The normalized spacial score (nSPS) is 26.1. The SMILES string of the molecule is CCN1C(=O)c2c(O)c(=O)ccn2N2C(c3ccccc3)C(CC3(C(F)(F)F)CC3)CCC12. The molecule has 3 unspecified atom stereocenters. The van der Waals surface area contributed by atoms with Crippen molar-refractivity contribution < 1.29 is 23.1 Å². The minimum atomic E-state index is -4.25. The van der Waals surface area contributed by atoms with Gasteiger partial charge in [0.15, 0.2) is 11.4 Å². The van der Waals surface area contributed by atoms with Crippen LogP contribution in [0.25, 0.3) is 0 Å². The fourth-order valence-electron chi connectivity index (χ4n) is 5.71. The Morgan fingerprint density at radius 2 is 1.79 bits per heavy atom. The number of carbonyl (C=O) groups excluding carboxylic acids is 1. The Balaban J connectivity index is 1.66. The summed E-state index contributed by atoms with van der Waals surface area (Å²) in [5.41, 5.74) is -1.61. The molecule has 6 nitrogen and oxygen atoms in total. The highest BCUT2D eigenvalue weighted by atomic mass is 19.4. The number of hydrogen-bond donors (Lipinski definition) is 1. The van der Waals surface area contributed by atoms with Crippen LogP contribution in [0.4, 0.5) is 13.2 Å². The number of hydrogen-bond acceptors (Lipinski definition) is 4. The van der Waals surface area contributed by atoms with Crippen molar-refractivity contribution in [2.24, 2.45) is 11.3 Å². The van der Waals surface area contributed by atoms with Crippen LogP contribution in [0, 0.1) is 11.3 Å². The maximum atomic E-state index is 13.9. The number of pyridine rings is 1. The third-order valence-electron chi connectivity index (χ3n) is 7.55. The van der Waals surface area contributed by atoms with E-state index in [0.29, 0.717) is 19.4 Å². The van der Waals surface area contributed by atoms with Gasteiger partial charge in [0.1, 0.15) is 6.17 Å². The monoisotopic (exact) mass is 461 g/mol. The van der Waals surface area contributed by atoms with Crippen molar-refractivity contribution in [3.05, 3.63) is 64.1 Å². The van der Waals surface area contributed by atoms with Gasteiger partial charge in [0, 0.05) is 18.8 Å². The van der Waals surface area contributed by atoms with Gasteiger partial charge in [-0.15, -0.1) is 0 Å². The van der Waals surface area contributed by atoms with Crippen LogP contribution < -0.4 is 10.4 Å². The molecule has 0 radical (unpaired) electrons. The summed E-state index contributed by atoms with van der Waals surface area (Å²) in [7, 11) is 0. The smallest absolute Gasteiger partial charge is 0.394 e. The lowest BCUT2D eigenvalue weighted by molar-refractivity contribution is -0.193. The molecule has 1 saturated heterocycles. The first-order valence-electron chi connectivity index (χ1n) is 11.3. The summed E-state index contributed by atoms with van der Waals surface area (Å²) in [5.74, 6) is -1.40. The van der Waals surface area contributed by atoms with Crippen molar-refractivity contribution in [2.45, 2.75) is 57.4 Å². The van der Waals surface area contributed by atoms with Gasteiger partial charge < -0.3 is 10.0 Å². The topological polar surface area (TPSA) is 65.8 Å². The third-order valence-corrected chi connectivity index (χ3v) is 7.55. The number of benzene rings is 1. The highest BCUT2D eigenvalue weighted by molar-refractivity contribution is 5.96. The molecule has 1 aromatic carbocycles. The van der Waals surface area contributed by atoms with Gasteiger partial charge >= 0.3 is 6.18 Å². The predicted molar refractivity (Wildman–Crippen MR) is 115 cm³/mol. The zero-order valence-electron chi connectivity index (χ0n) is 18.3. The van der Waals surface area contributed by atoms with E-state index in [-0.39, 0.29) is 37.0 Å². The molecule has 9 heteroatoms. The Hall–Kier alpha value is -2.97. The minimum absolute atomic E-state index is 0.0147. The first-order chi connectivity index (χ1) is 15.7. The quantitative estimate of drug-likeness (QED) is 0.742. The first-order valence-corrected chi connectivity index (χ1v) is 11.3. The van der Waals surface area contributed by atoms with Crippen LogP contribution in [0.1, 0.15) is 61.1 Å². The Morgan fingerprint density at radius 3 is 2.39 bits per heavy atom. The fraction of sp³-hybridized carbons (Fsp3) is 0.500. The van der Waals surface area contributed by atoms with Crippen molar-refractivity contribution in [1.29, 1.82) is 0 Å². The number of aromatic hydroxyl groups is 1. The summed E-state index contributed by atoms with van der Waals surface area (Å²) in [6.07, 6.45) is -1.84. The molecular formula is C24H26F3N3O3. The number of nitrogens with zero attached hydrogens (tertiary/aromatic N) is 3. The Morgan fingerprint density at radius 1 is 1.09 bits per heavy atom. The molecule has 5 rings (SSSR count). The van der Waals surface area contributed by atoms with Gasteiger partial charge in [-0.3, -0.25) is 19.3 Å². The minimum Gasteiger partial charge on any atom is -0.502 e. The lowest BCUT2D eigenvalue weighted by atomic mass is 9.77. The van der Waals surface area contributed by atoms with E-state index in [0.717, 1.165) is 5.56 Å². The molecule has 1 saturated carbocycles. The van der Waals surface area contributed by atoms with Gasteiger partial charge in [-0.25, -0.2) is 0 Å². The van der Waals surface area contributed by atoms with Crippen LogP contribution in [0.5, 0.6) is 5.75 Å². The van der Waals surface area contributed by atoms with Crippen LogP contribution in [0.15, 0.2) is 47.4 Å². The number of alkyl halides is 3. The average molecular weight is 461 g/mol. The Labute approximate surface area is 189 Å². The second kappa shape index (κ2) is 7.53. The zero-order valence-corrected chi connectivity index (χ0v) is 18.3. The summed E-state index contributed by atoms with van der Waals surface area (Å²) < 4.78 is 43.1. The van der Waals surface area contributed by atoms with Gasteiger partial charge in [-0.1, -0.05) is 30.3 Å². The second-order valence-electron chi connectivity index (χ2n) is 9.35. The number of amides is 1. The molecule has 2 aliphatic heterocycles. The van der Waals surface area contributed by atoms with E-state index in [1.807, 2.05) is 42.3 Å². The first kappa shape index (κ1) is 21.9. The molecule has 3 aliphatic rings. The van der Waals surface area contributed by atoms with Crippen molar-refractivity contribution in [1.82, 2.24) is 9.58 Å². The number of carbonyl (C=O) groups is 1. The van der Waals surface area contributed by atoms with E-state index in [4.69, 9.17) is 0 Å². The van der Waals surface area contributed by atoms with Crippen LogP contribution in [-0.4, -0.2) is 39.5 Å². The average Bonchev–Trinajstić information content (AvgIpc) is 3.58. The summed E-state index contributed by atoms with van der Waals surface area (Å²) in [4.78, 5) is 26.9. The van der Waals surface area contributed by atoms with E-state index < -0.39 is 34.7 Å². The van der Waals surface area contributed by atoms with Gasteiger partial charge in [0.25, 0.3) is 5.91 Å². The van der Waals surface area contributed by atoms with Crippen molar-refractivity contribution in [3.63, 3.8) is 0 Å². The van der Waals surface area contributed by atoms with E-state index in [9.17, 15) is 27.9 Å². The Bertz CT molecular complexity index is 1130. The number of piperidine rings is 1. The van der Waals surface area contributed by atoms with Crippen molar-refractivity contribution in [3.8, 4) is 5.75 Å². The second-order valence-corrected chi connectivity index (χ2v) is 9.35. The molecule has 33 heavy (non-hydrogen) atoms. The maximum Gasteiger partial charge on any atom is 0.394 e. The largest absolute Gasteiger partial charge is 0.502 e. The summed E-state index contributed by atoms with van der Waals surface area (Å²) in [6, 6.07) is 10.1. The highest BCUT2D eigenvalue weighted by Gasteiger charge is 2.64. The van der Waals surface area contributed by atoms with Crippen LogP contribution >= 0.6 is 0 Å². The molecule has 1 N–H and O–H groups in total. The number of halogens is 3. The molecule has 1 amide bonds. The molecule has 0 spiro atoms. The zero-order chi connectivity index (χ0) is 23.5. The van der Waals surface area contributed by atoms with Gasteiger partial charge in [-0.2, -0.15) is 13.2 Å². The van der Waals surface area contributed by atoms with Gasteiger partial charge in [0.05, 0.1) is 11.5 Å². The number of fused-ring (bicyclic) bond motifs is 3. The third kappa shape index (κ3) is 3.31. The molecule has 1 aliphatic carbocycles. The van der Waals surface area contributed by atoms with Crippen LogP contribution in [0.2, 0.25) is 0 Å². The summed E-state index contributed by atoms with van der Waals surface area (Å²) >= 11 is 0. The number of aromatic nitrogens is 1. The molecule has 1 aromatic heterocycles. The summed E-state index contributed by atoms with van der Waals surface area (Å²) in [6.45, 7) is 2.16. The van der Waals surface area contributed by atoms with E-state index in [1.54, 1.807) is 4.90 Å².